The predicted octanol–water partition coefficient (Wildman–Crippen LogP) is 5.41. The molecule has 0 radical (unpaired) electrons. The fourth-order valence-electron chi connectivity index (χ4n) is 5.75. The molecule has 4 aromatic rings. The summed E-state index contributed by atoms with van der Waals surface area (Å²) in [7, 11) is 0. The maximum Gasteiger partial charge on any atom is 0.335 e. The Hall–Kier alpha value is -4.18. The zero-order valence-corrected chi connectivity index (χ0v) is 16.1. The highest BCUT2D eigenvalue weighted by Crippen LogP contribution is 2.70. The number of hydrogen-bond acceptors (Lipinski definition) is 2. The largest absolute Gasteiger partial charge is 0.478 e. The molecule has 7 rings (SSSR count). The number of carbonyl (C=O) groups is 2. The van der Waals surface area contributed by atoms with Gasteiger partial charge in [0.25, 0.3) is 0 Å². The first-order valence-electron chi connectivity index (χ1n) is 10.1. The van der Waals surface area contributed by atoms with Gasteiger partial charge in [-0.05, 0) is 79.9 Å². The SMILES string of the molecule is O=C(O)c1ccc2c(c1)-c1ccc3c(c1-2)C1(c2ccccc2-3)c2ccc(C(=O)O)cc21. The van der Waals surface area contributed by atoms with Gasteiger partial charge in [0.15, 0.2) is 0 Å². The van der Waals surface area contributed by atoms with Crippen molar-refractivity contribution in [3.8, 4) is 33.4 Å². The van der Waals surface area contributed by atoms with E-state index in [1.165, 1.54) is 16.7 Å². The highest BCUT2D eigenvalue weighted by molar-refractivity contribution is 6.11. The molecule has 4 aromatic carbocycles. The van der Waals surface area contributed by atoms with Crippen LogP contribution in [0.4, 0.5) is 0 Å². The van der Waals surface area contributed by atoms with Gasteiger partial charge in [-0.15, -0.1) is 0 Å². The van der Waals surface area contributed by atoms with E-state index in [-0.39, 0.29) is 5.56 Å². The van der Waals surface area contributed by atoms with Crippen molar-refractivity contribution in [2.75, 3.05) is 0 Å². The second-order valence-corrected chi connectivity index (χ2v) is 8.34. The third kappa shape index (κ3) is 1.74. The summed E-state index contributed by atoms with van der Waals surface area (Å²) in [6.07, 6.45) is 0. The number of fused-ring (bicyclic) bond motifs is 13. The Morgan fingerprint density at radius 2 is 1.26 bits per heavy atom. The molecule has 4 heteroatoms. The van der Waals surface area contributed by atoms with Crippen LogP contribution in [0.25, 0.3) is 33.4 Å². The van der Waals surface area contributed by atoms with Crippen LogP contribution in [0.2, 0.25) is 0 Å². The van der Waals surface area contributed by atoms with Crippen molar-refractivity contribution in [3.63, 3.8) is 0 Å². The van der Waals surface area contributed by atoms with Gasteiger partial charge in [0.05, 0.1) is 16.5 Å². The van der Waals surface area contributed by atoms with E-state index >= 15 is 0 Å². The zero-order valence-electron chi connectivity index (χ0n) is 16.1. The Balaban J connectivity index is 1.53. The second kappa shape index (κ2) is 5.10. The van der Waals surface area contributed by atoms with Crippen LogP contribution in [0.1, 0.15) is 43.0 Å². The molecule has 0 amide bonds. The van der Waals surface area contributed by atoms with Crippen LogP contribution in [-0.4, -0.2) is 22.2 Å². The lowest BCUT2D eigenvalue weighted by Crippen LogP contribution is -2.14. The van der Waals surface area contributed by atoms with E-state index in [4.69, 9.17) is 0 Å². The summed E-state index contributed by atoms with van der Waals surface area (Å²) in [6, 6.07) is 23.2. The van der Waals surface area contributed by atoms with E-state index in [9.17, 15) is 19.8 Å². The summed E-state index contributed by atoms with van der Waals surface area (Å²) in [5, 5.41) is 18.9. The molecule has 0 aromatic heterocycles. The number of benzene rings is 4. The maximum absolute atomic E-state index is 11.6. The number of carboxylic acid groups (broad SMARTS) is 2. The average molecular weight is 402 g/mol. The summed E-state index contributed by atoms with van der Waals surface area (Å²) in [5.74, 6) is -1.86. The molecule has 1 spiro atoms. The lowest BCUT2D eigenvalue weighted by molar-refractivity contribution is 0.0686. The van der Waals surface area contributed by atoms with Crippen LogP contribution in [0.15, 0.2) is 72.8 Å². The lowest BCUT2D eigenvalue weighted by Gasteiger charge is -2.30. The number of hydrogen-bond donors (Lipinski definition) is 2. The Morgan fingerprint density at radius 3 is 2.06 bits per heavy atom. The van der Waals surface area contributed by atoms with E-state index in [1.54, 1.807) is 24.3 Å². The molecule has 1 atom stereocenters. The quantitative estimate of drug-likeness (QED) is 0.406. The molecule has 0 heterocycles. The third-order valence-electron chi connectivity index (χ3n) is 7.04. The van der Waals surface area contributed by atoms with Crippen LogP contribution in [-0.2, 0) is 5.41 Å². The topological polar surface area (TPSA) is 74.6 Å². The van der Waals surface area contributed by atoms with Crippen molar-refractivity contribution < 1.29 is 19.8 Å². The van der Waals surface area contributed by atoms with Gasteiger partial charge >= 0.3 is 11.9 Å². The number of rotatable bonds is 2. The van der Waals surface area contributed by atoms with Gasteiger partial charge in [-0.25, -0.2) is 9.59 Å². The van der Waals surface area contributed by atoms with Crippen molar-refractivity contribution in [2.45, 2.75) is 5.41 Å². The average Bonchev–Trinajstić information content (AvgIpc) is 3.34. The third-order valence-corrected chi connectivity index (χ3v) is 7.04. The summed E-state index contributed by atoms with van der Waals surface area (Å²) in [4.78, 5) is 23.0. The van der Waals surface area contributed by atoms with Crippen molar-refractivity contribution in [1.29, 1.82) is 0 Å². The van der Waals surface area contributed by atoms with E-state index in [1.807, 2.05) is 24.3 Å². The van der Waals surface area contributed by atoms with E-state index in [0.29, 0.717) is 5.56 Å². The first kappa shape index (κ1) is 16.6. The molecule has 1 unspecified atom stereocenters. The lowest BCUT2D eigenvalue weighted by atomic mass is 9.72. The predicted molar refractivity (Wildman–Crippen MR) is 116 cm³/mol. The minimum atomic E-state index is -0.933. The summed E-state index contributed by atoms with van der Waals surface area (Å²) < 4.78 is 0. The molecule has 3 aliphatic rings. The van der Waals surface area contributed by atoms with Crippen LogP contribution in [0, 0.1) is 0 Å². The van der Waals surface area contributed by atoms with E-state index in [2.05, 4.69) is 24.3 Å². The molecule has 0 saturated heterocycles. The first-order chi connectivity index (χ1) is 15.0. The highest BCUT2D eigenvalue weighted by Gasteiger charge is 2.60. The van der Waals surface area contributed by atoms with Gasteiger partial charge in [-0.3, -0.25) is 0 Å². The highest BCUT2D eigenvalue weighted by atomic mass is 16.4. The fraction of sp³-hybridized carbons (Fsp3) is 0.0370. The Morgan fingerprint density at radius 1 is 0.581 bits per heavy atom. The molecule has 146 valence electrons. The molecule has 4 nitrogen and oxygen atoms in total. The first-order valence-corrected chi connectivity index (χ1v) is 10.1. The van der Waals surface area contributed by atoms with Crippen molar-refractivity contribution in [3.05, 3.63) is 106 Å². The molecular weight excluding hydrogens is 388 g/mol. The molecule has 2 N–H and O–H groups in total. The smallest absolute Gasteiger partial charge is 0.335 e. The summed E-state index contributed by atoms with van der Waals surface area (Å²) in [5.41, 5.74) is 11.3. The fourth-order valence-corrected chi connectivity index (χ4v) is 5.75. The van der Waals surface area contributed by atoms with E-state index < -0.39 is 17.4 Å². The van der Waals surface area contributed by atoms with Crippen LogP contribution < -0.4 is 0 Å². The van der Waals surface area contributed by atoms with Gasteiger partial charge < -0.3 is 10.2 Å². The normalized spacial score (nSPS) is 17.7. The zero-order chi connectivity index (χ0) is 21.1. The molecule has 0 bridgehead atoms. The molecule has 0 aliphatic heterocycles. The molecule has 3 aliphatic carbocycles. The summed E-state index contributed by atoms with van der Waals surface area (Å²) in [6.45, 7) is 0. The Labute approximate surface area is 177 Å². The molecule has 0 fully saturated rings. The molecule has 0 saturated carbocycles. The van der Waals surface area contributed by atoms with Crippen LogP contribution in [0.5, 0.6) is 0 Å². The second-order valence-electron chi connectivity index (χ2n) is 8.34. The van der Waals surface area contributed by atoms with Crippen molar-refractivity contribution in [1.82, 2.24) is 0 Å². The van der Waals surface area contributed by atoms with Gasteiger partial charge in [-0.1, -0.05) is 48.5 Å². The Bertz CT molecular complexity index is 1550. The number of aromatic carboxylic acids is 2. The van der Waals surface area contributed by atoms with Crippen molar-refractivity contribution in [2.24, 2.45) is 0 Å². The Kier molecular flexibility index (Phi) is 2.73. The van der Waals surface area contributed by atoms with Gasteiger partial charge in [0.2, 0.25) is 0 Å². The van der Waals surface area contributed by atoms with Crippen molar-refractivity contribution >= 4 is 11.9 Å². The monoisotopic (exact) mass is 402 g/mol. The number of carboxylic acids is 2. The van der Waals surface area contributed by atoms with Crippen LogP contribution in [0.3, 0.4) is 0 Å². The summed E-state index contributed by atoms with van der Waals surface area (Å²) >= 11 is 0. The molecular formula is C27H14O4. The van der Waals surface area contributed by atoms with Gasteiger partial charge in [0.1, 0.15) is 0 Å². The van der Waals surface area contributed by atoms with Gasteiger partial charge in [-0.2, -0.15) is 0 Å². The standard InChI is InChI=1S/C27H14O4/c28-25(29)13-5-7-16-19(11-13)17-8-9-18-15-3-1-2-4-20(15)27(24(18)23(16)17)21-10-6-14(26(30)31)12-22(21)27/h1-12H,(H,28,29)(H,30,31). The maximum atomic E-state index is 11.6. The van der Waals surface area contributed by atoms with E-state index in [0.717, 1.165) is 38.9 Å². The van der Waals surface area contributed by atoms with Gasteiger partial charge in [0, 0.05) is 0 Å². The molecule has 31 heavy (non-hydrogen) atoms. The minimum absolute atomic E-state index is 0.281. The minimum Gasteiger partial charge on any atom is -0.478 e. The van der Waals surface area contributed by atoms with Crippen LogP contribution >= 0.6 is 0 Å².